The molecule has 0 radical (unpaired) electrons. The molecule has 1 aromatic carbocycles. The van der Waals surface area contributed by atoms with Crippen LogP contribution < -0.4 is 14.8 Å². The van der Waals surface area contributed by atoms with E-state index in [0.29, 0.717) is 6.61 Å². The zero-order valence-electron chi connectivity index (χ0n) is 10.7. The van der Waals surface area contributed by atoms with E-state index >= 15 is 0 Å². The standard InChI is InChI=1S/C13H21NO3/c1-4-14-13(2,9-15)10-17-12-7-5-11(16-3)6-8-12/h5-8,14-15H,4,9-10H2,1-3H3. The molecule has 0 aliphatic heterocycles. The highest BCUT2D eigenvalue weighted by Gasteiger charge is 2.22. The lowest BCUT2D eigenvalue weighted by atomic mass is 10.1. The fraction of sp³-hybridized carbons (Fsp3) is 0.538. The summed E-state index contributed by atoms with van der Waals surface area (Å²) in [6, 6.07) is 7.39. The molecule has 1 unspecified atom stereocenters. The van der Waals surface area contributed by atoms with Gasteiger partial charge in [0.1, 0.15) is 18.1 Å². The Balaban J connectivity index is 2.53. The molecular weight excluding hydrogens is 218 g/mol. The van der Waals surface area contributed by atoms with Gasteiger partial charge in [-0.3, -0.25) is 0 Å². The molecule has 0 fully saturated rings. The van der Waals surface area contributed by atoms with Crippen molar-refractivity contribution in [3.05, 3.63) is 24.3 Å². The number of rotatable bonds is 7. The van der Waals surface area contributed by atoms with Crippen LogP contribution in [0.25, 0.3) is 0 Å². The summed E-state index contributed by atoms with van der Waals surface area (Å²) in [4.78, 5) is 0. The maximum Gasteiger partial charge on any atom is 0.119 e. The molecule has 0 aliphatic rings. The fourth-order valence-corrected chi connectivity index (χ4v) is 1.49. The number of hydrogen-bond acceptors (Lipinski definition) is 4. The molecule has 0 bridgehead atoms. The maximum absolute atomic E-state index is 9.31. The molecule has 0 aliphatic carbocycles. The van der Waals surface area contributed by atoms with Crippen molar-refractivity contribution in [2.24, 2.45) is 0 Å². The average Bonchev–Trinajstić information content (AvgIpc) is 2.37. The molecule has 0 aromatic heterocycles. The zero-order valence-corrected chi connectivity index (χ0v) is 10.7. The monoisotopic (exact) mass is 239 g/mol. The quantitative estimate of drug-likeness (QED) is 0.756. The van der Waals surface area contributed by atoms with Gasteiger partial charge in [0.2, 0.25) is 0 Å². The summed E-state index contributed by atoms with van der Waals surface area (Å²) in [6.45, 7) is 5.19. The Bertz CT molecular complexity index is 326. The SMILES string of the molecule is CCNC(C)(CO)COc1ccc(OC)cc1. The first-order chi connectivity index (χ1) is 8.13. The normalized spacial score (nSPS) is 14.1. The number of likely N-dealkylation sites (N-methyl/N-ethyl adjacent to an activating group) is 1. The summed E-state index contributed by atoms with van der Waals surface area (Å²) in [6.07, 6.45) is 0. The van der Waals surface area contributed by atoms with Crippen molar-refractivity contribution in [1.29, 1.82) is 0 Å². The van der Waals surface area contributed by atoms with Crippen LogP contribution in [0.5, 0.6) is 11.5 Å². The molecule has 1 atom stereocenters. The third-order valence-corrected chi connectivity index (χ3v) is 2.57. The summed E-state index contributed by atoms with van der Waals surface area (Å²) >= 11 is 0. The minimum Gasteiger partial charge on any atom is -0.497 e. The lowest BCUT2D eigenvalue weighted by Crippen LogP contribution is -2.50. The van der Waals surface area contributed by atoms with Gasteiger partial charge in [0.05, 0.1) is 19.3 Å². The van der Waals surface area contributed by atoms with E-state index in [-0.39, 0.29) is 6.61 Å². The average molecular weight is 239 g/mol. The second kappa shape index (κ2) is 6.47. The van der Waals surface area contributed by atoms with Crippen LogP contribution in [-0.4, -0.2) is 37.5 Å². The van der Waals surface area contributed by atoms with Gasteiger partial charge in [-0.25, -0.2) is 0 Å². The number of hydrogen-bond donors (Lipinski definition) is 2. The van der Waals surface area contributed by atoms with Gasteiger partial charge in [0, 0.05) is 0 Å². The van der Waals surface area contributed by atoms with E-state index < -0.39 is 5.54 Å². The second-order valence-electron chi connectivity index (χ2n) is 4.21. The Labute approximate surface area is 103 Å². The van der Waals surface area contributed by atoms with Crippen LogP contribution in [0.3, 0.4) is 0 Å². The van der Waals surface area contributed by atoms with Gasteiger partial charge in [0.25, 0.3) is 0 Å². The largest absolute Gasteiger partial charge is 0.497 e. The molecule has 17 heavy (non-hydrogen) atoms. The summed E-state index contributed by atoms with van der Waals surface area (Å²) in [5, 5.41) is 12.5. The number of aliphatic hydroxyl groups is 1. The predicted octanol–water partition coefficient (Wildman–Crippen LogP) is 1.43. The van der Waals surface area contributed by atoms with Crippen molar-refractivity contribution in [1.82, 2.24) is 5.32 Å². The van der Waals surface area contributed by atoms with Crippen LogP contribution >= 0.6 is 0 Å². The lowest BCUT2D eigenvalue weighted by Gasteiger charge is -2.28. The third-order valence-electron chi connectivity index (χ3n) is 2.57. The van der Waals surface area contributed by atoms with Gasteiger partial charge < -0.3 is 19.9 Å². The van der Waals surface area contributed by atoms with Crippen LogP contribution in [0.1, 0.15) is 13.8 Å². The van der Waals surface area contributed by atoms with E-state index in [0.717, 1.165) is 18.0 Å². The predicted molar refractivity (Wildman–Crippen MR) is 67.7 cm³/mol. The third kappa shape index (κ3) is 4.24. The molecule has 0 heterocycles. The van der Waals surface area contributed by atoms with E-state index in [4.69, 9.17) is 9.47 Å². The van der Waals surface area contributed by atoms with Crippen molar-refractivity contribution in [3.8, 4) is 11.5 Å². The summed E-state index contributed by atoms with van der Waals surface area (Å²) in [5.74, 6) is 1.57. The van der Waals surface area contributed by atoms with Crippen molar-refractivity contribution < 1.29 is 14.6 Å². The maximum atomic E-state index is 9.31. The van der Waals surface area contributed by atoms with Crippen LogP contribution in [0.2, 0.25) is 0 Å². The number of nitrogens with one attached hydrogen (secondary N) is 1. The molecule has 1 aromatic rings. The van der Waals surface area contributed by atoms with E-state index in [1.807, 2.05) is 38.1 Å². The van der Waals surface area contributed by atoms with Crippen molar-refractivity contribution in [2.75, 3.05) is 26.9 Å². The topological polar surface area (TPSA) is 50.7 Å². The van der Waals surface area contributed by atoms with Crippen LogP contribution in [0.4, 0.5) is 0 Å². The van der Waals surface area contributed by atoms with E-state index in [9.17, 15) is 5.11 Å². The van der Waals surface area contributed by atoms with Crippen LogP contribution in [-0.2, 0) is 0 Å². The fourth-order valence-electron chi connectivity index (χ4n) is 1.49. The second-order valence-corrected chi connectivity index (χ2v) is 4.21. The van der Waals surface area contributed by atoms with E-state index in [2.05, 4.69) is 5.32 Å². The van der Waals surface area contributed by atoms with Gasteiger partial charge in [0.15, 0.2) is 0 Å². The summed E-state index contributed by atoms with van der Waals surface area (Å²) < 4.78 is 10.7. The number of benzene rings is 1. The Hall–Kier alpha value is -1.26. The molecule has 4 nitrogen and oxygen atoms in total. The van der Waals surface area contributed by atoms with Crippen LogP contribution in [0.15, 0.2) is 24.3 Å². The van der Waals surface area contributed by atoms with Crippen LogP contribution in [0, 0.1) is 0 Å². The van der Waals surface area contributed by atoms with Crippen molar-refractivity contribution >= 4 is 0 Å². The minimum absolute atomic E-state index is 0.0387. The first kappa shape index (κ1) is 13.8. The van der Waals surface area contributed by atoms with Gasteiger partial charge in [-0.15, -0.1) is 0 Å². The highest BCUT2D eigenvalue weighted by molar-refractivity contribution is 5.31. The lowest BCUT2D eigenvalue weighted by molar-refractivity contribution is 0.117. The Morgan fingerprint density at radius 1 is 1.24 bits per heavy atom. The summed E-state index contributed by atoms with van der Waals surface area (Å²) in [7, 11) is 1.63. The molecule has 0 spiro atoms. The first-order valence-corrected chi connectivity index (χ1v) is 5.76. The van der Waals surface area contributed by atoms with E-state index in [1.165, 1.54) is 0 Å². The van der Waals surface area contributed by atoms with Crippen molar-refractivity contribution in [3.63, 3.8) is 0 Å². The smallest absolute Gasteiger partial charge is 0.119 e. The first-order valence-electron chi connectivity index (χ1n) is 5.76. The summed E-state index contributed by atoms with van der Waals surface area (Å²) in [5.41, 5.74) is -0.408. The Kier molecular flexibility index (Phi) is 5.25. The molecule has 4 heteroatoms. The Morgan fingerprint density at radius 3 is 2.29 bits per heavy atom. The Morgan fingerprint density at radius 2 is 1.82 bits per heavy atom. The van der Waals surface area contributed by atoms with Crippen molar-refractivity contribution in [2.45, 2.75) is 19.4 Å². The highest BCUT2D eigenvalue weighted by Crippen LogP contribution is 2.18. The van der Waals surface area contributed by atoms with E-state index in [1.54, 1.807) is 7.11 Å². The highest BCUT2D eigenvalue weighted by atomic mass is 16.5. The number of ether oxygens (including phenoxy) is 2. The molecule has 1 rings (SSSR count). The van der Waals surface area contributed by atoms with Gasteiger partial charge >= 0.3 is 0 Å². The molecule has 96 valence electrons. The van der Waals surface area contributed by atoms with Gasteiger partial charge in [-0.05, 0) is 37.7 Å². The molecular formula is C13H21NO3. The number of methoxy groups -OCH3 is 1. The molecule has 0 amide bonds. The van der Waals surface area contributed by atoms with Gasteiger partial charge in [-0.1, -0.05) is 6.92 Å². The number of aliphatic hydroxyl groups excluding tert-OH is 1. The molecule has 0 saturated carbocycles. The minimum atomic E-state index is -0.408. The molecule has 2 N–H and O–H groups in total. The molecule has 0 saturated heterocycles. The van der Waals surface area contributed by atoms with Gasteiger partial charge in [-0.2, -0.15) is 0 Å². The zero-order chi connectivity index (χ0) is 12.7.